The molecule has 4 heterocycles. The van der Waals surface area contributed by atoms with Crippen molar-refractivity contribution < 1.29 is 0 Å². The number of pyridine rings is 1. The van der Waals surface area contributed by atoms with E-state index in [1.165, 1.54) is 0 Å². The van der Waals surface area contributed by atoms with E-state index in [1.54, 1.807) is 6.20 Å². The van der Waals surface area contributed by atoms with Gasteiger partial charge in [0.25, 0.3) is 5.56 Å². The monoisotopic (exact) mass is 548 g/mol. The van der Waals surface area contributed by atoms with E-state index in [9.17, 15) is 4.79 Å². The summed E-state index contributed by atoms with van der Waals surface area (Å²) in [6.45, 7) is 8.73. The molecule has 0 amide bonds. The van der Waals surface area contributed by atoms with E-state index in [2.05, 4.69) is 32.1 Å². The summed E-state index contributed by atoms with van der Waals surface area (Å²) in [7, 11) is 4.08. The minimum absolute atomic E-state index is 0.0127. The molecule has 4 aromatic rings. The number of piperidine rings is 1. The van der Waals surface area contributed by atoms with Crippen molar-refractivity contribution in [2.24, 2.45) is 0 Å². The number of fused-ring (bicyclic) bond motifs is 1. The molecule has 1 atom stereocenters. The van der Waals surface area contributed by atoms with Gasteiger partial charge in [-0.1, -0.05) is 36.7 Å². The van der Waals surface area contributed by atoms with E-state index in [1.807, 2.05) is 66.9 Å². The second-order valence-electron chi connectivity index (χ2n) is 10.6. The summed E-state index contributed by atoms with van der Waals surface area (Å²) in [6, 6.07) is 7.56. The molecule has 0 bridgehead atoms. The van der Waals surface area contributed by atoms with Crippen LogP contribution in [0.2, 0.25) is 5.02 Å². The second kappa shape index (κ2) is 11.9. The number of aromatic nitrogens is 5. The van der Waals surface area contributed by atoms with Crippen molar-refractivity contribution in [2.75, 3.05) is 45.6 Å². The molecule has 206 valence electrons. The maximum absolute atomic E-state index is 14.3. The van der Waals surface area contributed by atoms with Crippen LogP contribution in [0.15, 0.2) is 47.7 Å². The molecule has 10 heteroatoms. The van der Waals surface area contributed by atoms with Crippen molar-refractivity contribution in [1.82, 2.24) is 34.1 Å². The SMILES string of the molecule is CCCN1CCC[C@H](n2c(=O)c(-c3ccccc3Cl)c(C)c3cnc(Nc4cnn(CCN(C)C)c4)nc32)C1. The van der Waals surface area contributed by atoms with Gasteiger partial charge in [-0.2, -0.15) is 10.1 Å². The van der Waals surface area contributed by atoms with Crippen LogP contribution in [-0.2, 0) is 6.54 Å². The van der Waals surface area contributed by atoms with Crippen molar-refractivity contribution in [2.45, 2.75) is 45.7 Å². The van der Waals surface area contributed by atoms with Gasteiger partial charge in [-0.25, -0.2) is 4.98 Å². The van der Waals surface area contributed by atoms with Crippen molar-refractivity contribution in [3.63, 3.8) is 0 Å². The third-order valence-corrected chi connectivity index (χ3v) is 7.73. The molecule has 1 aliphatic heterocycles. The molecule has 0 unspecified atom stereocenters. The van der Waals surface area contributed by atoms with E-state index in [4.69, 9.17) is 16.6 Å². The molecular weight excluding hydrogens is 512 g/mol. The van der Waals surface area contributed by atoms with E-state index < -0.39 is 0 Å². The van der Waals surface area contributed by atoms with E-state index >= 15 is 0 Å². The predicted molar refractivity (Wildman–Crippen MR) is 158 cm³/mol. The molecule has 0 radical (unpaired) electrons. The molecule has 0 aliphatic carbocycles. The fraction of sp³-hybridized carbons (Fsp3) is 0.448. The first kappa shape index (κ1) is 27.3. The Morgan fingerprint density at radius 2 is 2.00 bits per heavy atom. The number of nitrogens with one attached hydrogen (secondary N) is 1. The highest BCUT2D eigenvalue weighted by molar-refractivity contribution is 6.33. The summed E-state index contributed by atoms with van der Waals surface area (Å²) in [4.78, 5) is 28.4. The summed E-state index contributed by atoms with van der Waals surface area (Å²) >= 11 is 6.61. The van der Waals surface area contributed by atoms with Gasteiger partial charge in [-0.05, 0) is 65.0 Å². The van der Waals surface area contributed by atoms with Crippen LogP contribution >= 0.6 is 11.6 Å². The molecule has 5 rings (SSSR count). The van der Waals surface area contributed by atoms with E-state index in [0.29, 0.717) is 22.2 Å². The maximum atomic E-state index is 14.3. The van der Waals surface area contributed by atoms with Gasteiger partial charge in [-0.3, -0.25) is 14.0 Å². The van der Waals surface area contributed by atoms with Crippen LogP contribution in [0.4, 0.5) is 11.6 Å². The maximum Gasteiger partial charge on any atom is 0.260 e. The molecular formula is C29H37ClN8O. The Bertz CT molecular complexity index is 1510. The molecule has 1 aromatic carbocycles. The van der Waals surface area contributed by atoms with Gasteiger partial charge in [0.15, 0.2) is 0 Å². The van der Waals surface area contributed by atoms with Crippen LogP contribution in [0.25, 0.3) is 22.2 Å². The standard InChI is InChI=1S/C29H37ClN8O/c1-5-12-36-13-8-9-22(19-36)38-27-24(20(2)26(28(38)39)23-10-6-7-11-25(23)30)17-31-29(34-27)33-21-16-32-37(18-21)15-14-35(3)4/h6-7,10-11,16-18,22H,5,8-9,12-15,19H2,1-4H3,(H,31,33,34)/t22-/m0/s1. The van der Waals surface area contributed by atoms with Gasteiger partial charge < -0.3 is 15.1 Å². The Morgan fingerprint density at radius 3 is 2.77 bits per heavy atom. The fourth-order valence-electron chi connectivity index (χ4n) is 5.46. The zero-order valence-corrected chi connectivity index (χ0v) is 23.9. The van der Waals surface area contributed by atoms with Gasteiger partial charge in [0.2, 0.25) is 5.95 Å². The highest BCUT2D eigenvalue weighted by Crippen LogP contribution is 2.33. The van der Waals surface area contributed by atoms with Gasteiger partial charge in [0.1, 0.15) is 5.65 Å². The summed E-state index contributed by atoms with van der Waals surface area (Å²) in [6.07, 6.45) is 8.58. The lowest BCUT2D eigenvalue weighted by Crippen LogP contribution is -2.41. The van der Waals surface area contributed by atoms with E-state index in [0.717, 1.165) is 74.2 Å². The first-order valence-corrected chi connectivity index (χ1v) is 14.1. The lowest BCUT2D eigenvalue weighted by atomic mass is 9.98. The molecule has 1 aliphatic rings. The highest BCUT2D eigenvalue weighted by atomic mass is 35.5. The first-order valence-electron chi connectivity index (χ1n) is 13.7. The third kappa shape index (κ3) is 5.85. The van der Waals surface area contributed by atoms with Crippen LogP contribution in [0.5, 0.6) is 0 Å². The normalized spacial score (nSPS) is 16.3. The number of benzene rings is 1. The van der Waals surface area contributed by atoms with Crippen molar-refractivity contribution in [1.29, 1.82) is 0 Å². The Kier molecular flexibility index (Phi) is 8.30. The van der Waals surface area contributed by atoms with E-state index in [-0.39, 0.29) is 11.6 Å². The van der Waals surface area contributed by atoms with Crippen LogP contribution < -0.4 is 10.9 Å². The topological polar surface area (TPSA) is 84.1 Å². The van der Waals surface area contributed by atoms with Crippen molar-refractivity contribution in [3.8, 4) is 11.1 Å². The Morgan fingerprint density at radius 1 is 1.18 bits per heavy atom. The van der Waals surface area contributed by atoms with Crippen LogP contribution in [-0.4, -0.2) is 74.4 Å². The van der Waals surface area contributed by atoms with Crippen LogP contribution in [0.3, 0.4) is 0 Å². The number of aryl methyl sites for hydroxylation is 1. The molecule has 9 nitrogen and oxygen atoms in total. The number of anilines is 2. The molecule has 0 saturated carbocycles. The summed E-state index contributed by atoms with van der Waals surface area (Å²) in [5.74, 6) is 0.439. The molecule has 39 heavy (non-hydrogen) atoms. The molecule has 1 N–H and O–H groups in total. The summed E-state index contributed by atoms with van der Waals surface area (Å²) < 4.78 is 3.79. The largest absolute Gasteiger partial charge is 0.321 e. The van der Waals surface area contributed by atoms with Gasteiger partial charge in [0, 0.05) is 41.5 Å². The Balaban J connectivity index is 1.60. The third-order valence-electron chi connectivity index (χ3n) is 7.40. The number of nitrogens with zero attached hydrogens (tertiary/aromatic N) is 7. The minimum atomic E-state index is -0.0578. The number of likely N-dealkylation sites (tertiary alicyclic amines) is 1. The average molecular weight is 549 g/mol. The average Bonchev–Trinajstić information content (AvgIpc) is 3.36. The minimum Gasteiger partial charge on any atom is -0.321 e. The number of likely N-dealkylation sites (N-methyl/N-ethyl adjacent to an activating group) is 1. The lowest BCUT2D eigenvalue weighted by molar-refractivity contribution is 0.178. The molecule has 3 aromatic heterocycles. The first-order chi connectivity index (χ1) is 18.9. The molecule has 1 saturated heterocycles. The molecule has 0 spiro atoms. The quantitative estimate of drug-likeness (QED) is 0.316. The fourth-order valence-corrected chi connectivity index (χ4v) is 5.69. The number of halogens is 1. The molecule has 1 fully saturated rings. The zero-order valence-electron chi connectivity index (χ0n) is 23.2. The predicted octanol–water partition coefficient (Wildman–Crippen LogP) is 4.97. The number of hydrogen-bond acceptors (Lipinski definition) is 7. The van der Waals surface area contributed by atoms with Crippen molar-refractivity contribution in [3.05, 3.63) is 63.8 Å². The Labute approximate surface area is 234 Å². The zero-order chi connectivity index (χ0) is 27.5. The summed E-state index contributed by atoms with van der Waals surface area (Å²) in [5, 5.41) is 9.15. The summed E-state index contributed by atoms with van der Waals surface area (Å²) in [5.41, 5.74) is 3.59. The van der Waals surface area contributed by atoms with Gasteiger partial charge in [-0.15, -0.1) is 0 Å². The van der Waals surface area contributed by atoms with Gasteiger partial charge in [0.05, 0.1) is 30.0 Å². The van der Waals surface area contributed by atoms with Crippen LogP contribution in [0.1, 0.15) is 37.8 Å². The number of hydrogen-bond donors (Lipinski definition) is 1. The second-order valence-corrected chi connectivity index (χ2v) is 11.0. The Hall–Kier alpha value is -3.27. The van der Waals surface area contributed by atoms with Gasteiger partial charge >= 0.3 is 0 Å². The lowest BCUT2D eigenvalue weighted by Gasteiger charge is -2.34. The highest BCUT2D eigenvalue weighted by Gasteiger charge is 2.27. The number of rotatable bonds is 9. The van der Waals surface area contributed by atoms with Crippen molar-refractivity contribution >= 4 is 34.3 Å². The van der Waals surface area contributed by atoms with Crippen LogP contribution in [0, 0.1) is 6.92 Å². The smallest absolute Gasteiger partial charge is 0.260 e.